The highest BCUT2D eigenvalue weighted by Crippen LogP contribution is 2.63. The Bertz CT molecular complexity index is 2170. The third-order valence-electron chi connectivity index (χ3n) is 13.0. The maximum Gasteiger partial charge on any atom is 0.309 e. The fourth-order valence-corrected chi connectivity index (χ4v) is 10.2. The molecule has 2 aromatic carbocycles. The summed E-state index contributed by atoms with van der Waals surface area (Å²) in [6.45, 7) is 3.63. The smallest absolute Gasteiger partial charge is 0.309 e. The highest BCUT2D eigenvalue weighted by molar-refractivity contribution is 6.36. The van der Waals surface area contributed by atoms with Crippen LogP contribution in [0.15, 0.2) is 42.5 Å². The summed E-state index contributed by atoms with van der Waals surface area (Å²) < 4.78 is 3.63. The number of anilines is 2. The van der Waals surface area contributed by atoms with Crippen molar-refractivity contribution >= 4 is 40.8 Å². The first-order valence-electron chi connectivity index (χ1n) is 18.8. The SMILES string of the molecule is Cn1c(C(=O)Nc2cccc(-c3cccc4c3CCN4C(=O)c3cc4n(n3)CCCC4O)c2Cl)nc2c1CCN(CCC13CCC(C(=O)O)(CC1)C3)C2. The van der Waals surface area contributed by atoms with Crippen LogP contribution in [0.3, 0.4) is 0 Å². The number of carbonyl (C=O) groups is 3. The Morgan fingerprint density at radius 2 is 1.81 bits per heavy atom. The van der Waals surface area contributed by atoms with E-state index in [1.54, 1.807) is 21.7 Å². The van der Waals surface area contributed by atoms with Gasteiger partial charge in [0.2, 0.25) is 0 Å². The minimum Gasteiger partial charge on any atom is -0.481 e. The van der Waals surface area contributed by atoms with Gasteiger partial charge in [0.15, 0.2) is 11.5 Å². The van der Waals surface area contributed by atoms with Crippen molar-refractivity contribution in [1.29, 1.82) is 0 Å². The van der Waals surface area contributed by atoms with Gasteiger partial charge in [-0.05, 0) is 99.1 Å². The number of aromatic nitrogens is 4. The number of amides is 2. The molecule has 3 N–H and O–H groups in total. The molecule has 1 atom stereocenters. The largest absolute Gasteiger partial charge is 0.481 e. The predicted molar refractivity (Wildman–Crippen MR) is 199 cm³/mol. The minimum absolute atomic E-state index is 0.142. The Balaban J connectivity index is 0.896. The molecule has 13 heteroatoms. The van der Waals surface area contributed by atoms with E-state index in [-0.39, 0.29) is 17.2 Å². The van der Waals surface area contributed by atoms with Gasteiger partial charge in [0.05, 0.1) is 33.6 Å². The van der Waals surface area contributed by atoms with Crippen LogP contribution < -0.4 is 10.2 Å². The van der Waals surface area contributed by atoms with E-state index in [2.05, 4.69) is 15.3 Å². The highest BCUT2D eigenvalue weighted by atomic mass is 35.5. The summed E-state index contributed by atoms with van der Waals surface area (Å²) in [5, 5.41) is 28.2. The average Bonchev–Trinajstić information content (AvgIpc) is 3.99. The number of halogens is 1. The maximum atomic E-state index is 13.8. The zero-order valence-corrected chi connectivity index (χ0v) is 30.7. The van der Waals surface area contributed by atoms with Crippen molar-refractivity contribution < 1.29 is 24.6 Å². The second-order valence-corrected chi connectivity index (χ2v) is 16.3. The number of aliphatic hydroxyl groups is 1. The summed E-state index contributed by atoms with van der Waals surface area (Å²) in [4.78, 5) is 48.3. The van der Waals surface area contributed by atoms with E-state index >= 15 is 0 Å². The second-order valence-electron chi connectivity index (χ2n) is 15.9. The van der Waals surface area contributed by atoms with Gasteiger partial charge < -0.3 is 25.0 Å². The lowest BCUT2D eigenvalue weighted by atomic mass is 9.80. The van der Waals surface area contributed by atoms with Gasteiger partial charge in [0.1, 0.15) is 0 Å². The molecule has 2 saturated carbocycles. The van der Waals surface area contributed by atoms with Crippen LogP contribution in [0.2, 0.25) is 5.02 Å². The first kappa shape index (κ1) is 34.3. The van der Waals surface area contributed by atoms with Gasteiger partial charge in [-0.2, -0.15) is 5.10 Å². The summed E-state index contributed by atoms with van der Waals surface area (Å²) in [5.74, 6) is -0.825. The Hall–Kier alpha value is -4.52. The number of carboxylic acid groups (broad SMARTS) is 1. The third-order valence-corrected chi connectivity index (χ3v) is 13.4. The fourth-order valence-electron chi connectivity index (χ4n) is 9.95. The summed E-state index contributed by atoms with van der Waals surface area (Å²) >= 11 is 7.05. The molecule has 53 heavy (non-hydrogen) atoms. The van der Waals surface area contributed by atoms with Crippen molar-refractivity contribution in [2.45, 2.75) is 83.4 Å². The van der Waals surface area contributed by atoms with Crippen LogP contribution >= 0.6 is 11.6 Å². The zero-order valence-electron chi connectivity index (χ0n) is 29.9. The van der Waals surface area contributed by atoms with E-state index in [4.69, 9.17) is 16.6 Å². The second kappa shape index (κ2) is 12.8. The monoisotopic (exact) mass is 737 g/mol. The lowest BCUT2D eigenvalue weighted by molar-refractivity contribution is -0.148. The van der Waals surface area contributed by atoms with Crippen molar-refractivity contribution in [2.24, 2.45) is 17.9 Å². The molecule has 9 rings (SSSR count). The Morgan fingerprint density at radius 1 is 1.02 bits per heavy atom. The quantitative estimate of drug-likeness (QED) is 0.200. The van der Waals surface area contributed by atoms with Crippen LogP contribution in [0, 0.1) is 10.8 Å². The van der Waals surface area contributed by atoms with E-state index in [1.807, 2.05) is 41.9 Å². The Labute approximate surface area is 312 Å². The van der Waals surface area contributed by atoms with Crippen LogP contribution in [0.5, 0.6) is 0 Å². The van der Waals surface area contributed by atoms with Gasteiger partial charge in [-0.15, -0.1) is 0 Å². The molecular weight excluding hydrogens is 694 g/mol. The number of benzene rings is 2. The predicted octanol–water partition coefficient (Wildman–Crippen LogP) is 6.00. The summed E-state index contributed by atoms with van der Waals surface area (Å²) in [6, 6.07) is 13.1. The van der Waals surface area contributed by atoms with Gasteiger partial charge in [0, 0.05) is 56.6 Å². The number of carboxylic acids is 1. The molecular formula is C40H44ClN7O5. The molecule has 4 aromatic rings. The van der Waals surface area contributed by atoms with Crippen LogP contribution in [-0.4, -0.2) is 71.9 Å². The van der Waals surface area contributed by atoms with Crippen molar-refractivity contribution in [3.63, 3.8) is 0 Å². The van der Waals surface area contributed by atoms with Gasteiger partial charge in [-0.25, -0.2) is 4.98 Å². The third kappa shape index (κ3) is 5.68. The molecule has 0 radical (unpaired) electrons. The molecule has 0 saturated heterocycles. The van der Waals surface area contributed by atoms with Gasteiger partial charge >= 0.3 is 5.97 Å². The van der Waals surface area contributed by atoms with Crippen LogP contribution in [-0.2, 0) is 37.8 Å². The van der Waals surface area contributed by atoms with Gasteiger partial charge in [0.25, 0.3) is 11.8 Å². The van der Waals surface area contributed by atoms with Crippen molar-refractivity contribution in [2.75, 3.05) is 29.9 Å². The first-order chi connectivity index (χ1) is 25.5. The summed E-state index contributed by atoms with van der Waals surface area (Å²) in [6.07, 6.45) is 7.71. The highest BCUT2D eigenvalue weighted by Gasteiger charge is 2.57. The van der Waals surface area contributed by atoms with E-state index in [0.29, 0.717) is 60.4 Å². The number of hydrogen-bond acceptors (Lipinski definition) is 7. The summed E-state index contributed by atoms with van der Waals surface area (Å²) in [5.41, 5.74) is 6.56. The van der Waals surface area contributed by atoms with Gasteiger partial charge in [-0.3, -0.25) is 24.0 Å². The molecule has 12 nitrogen and oxygen atoms in total. The number of aryl methyl sites for hydroxylation is 1. The maximum absolute atomic E-state index is 13.8. The molecule has 2 fully saturated rings. The molecule has 2 bridgehead atoms. The Kier molecular flexibility index (Phi) is 8.28. The number of hydrogen-bond donors (Lipinski definition) is 3. The Morgan fingerprint density at radius 3 is 2.58 bits per heavy atom. The van der Waals surface area contributed by atoms with Crippen LogP contribution in [0.25, 0.3) is 11.1 Å². The van der Waals surface area contributed by atoms with Gasteiger partial charge in [-0.1, -0.05) is 35.9 Å². The molecule has 1 unspecified atom stereocenters. The molecule has 276 valence electrons. The van der Waals surface area contributed by atoms with Crippen LogP contribution in [0.4, 0.5) is 11.4 Å². The van der Waals surface area contributed by atoms with E-state index in [1.165, 1.54) is 0 Å². The number of fused-ring (bicyclic) bond motifs is 5. The number of aliphatic carboxylic acids is 1. The number of nitrogens with zero attached hydrogens (tertiary/aromatic N) is 6. The van der Waals surface area contributed by atoms with Crippen LogP contribution in [0.1, 0.15) is 101 Å². The van der Waals surface area contributed by atoms with Crippen molar-refractivity contribution in [1.82, 2.24) is 24.2 Å². The standard InChI is InChI=1S/C40H44ClN7O5/c1-45-31-11-18-46(20-16-39-12-14-40(23-39,15-13-39)38(52)53)22-29(31)42-35(45)36(50)43-27-7-2-6-26(34(27)41)24-5-3-8-30-25(24)10-19-47(30)37(51)28-21-32-33(49)9-4-17-48(32)44-28/h2-3,5-8,21,33,49H,4,9-20,22-23H2,1H3,(H,43,50)(H,52,53). The van der Waals surface area contributed by atoms with E-state index in [0.717, 1.165) is 98.2 Å². The molecule has 3 aliphatic heterocycles. The molecule has 5 heterocycles. The number of rotatable bonds is 8. The fraction of sp³-hybridized carbons (Fsp3) is 0.475. The number of nitrogens with one attached hydrogen (secondary N) is 1. The number of aliphatic hydroxyl groups excluding tert-OH is 1. The normalized spacial score (nSPS) is 24.6. The minimum atomic E-state index is -0.623. The zero-order chi connectivity index (χ0) is 36.6. The average molecular weight is 738 g/mol. The molecule has 2 aliphatic carbocycles. The first-order valence-corrected chi connectivity index (χ1v) is 19.2. The number of carbonyl (C=O) groups excluding carboxylic acids is 2. The topological polar surface area (TPSA) is 146 Å². The van der Waals surface area contributed by atoms with Crippen molar-refractivity contribution in [3.8, 4) is 11.1 Å². The molecule has 5 aliphatic rings. The molecule has 2 aromatic heterocycles. The van der Waals surface area contributed by atoms with Crippen molar-refractivity contribution in [3.05, 3.63) is 81.7 Å². The van der Waals surface area contributed by atoms with E-state index < -0.39 is 17.5 Å². The summed E-state index contributed by atoms with van der Waals surface area (Å²) in [7, 11) is 1.89. The molecule has 0 spiro atoms. The lowest BCUT2D eigenvalue weighted by Gasteiger charge is -2.32. The molecule has 2 amide bonds. The van der Waals surface area contributed by atoms with E-state index in [9.17, 15) is 24.6 Å². The lowest BCUT2D eigenvalue weighted by Crippen LogP contribution is -2.34. The number of imidazole rings is 1.